The van der Waals surface area contributed by atoms with Gasteiger partial charge in [0.05, 0.1) is 23.4 Å². The molecule has 30 heavy (non-hydrogen) atoms. The standard InChI is InChI=1S/C16H13F2N5O5S2/c1-22-2-3-23(8-22)6-12(24)20-13-10(17)4-9(5-11(13)18)30(27,28)21-15-14(16(25)26)19-7-29-15/h2-5,7-8,21H,6H2,1H3,(H-,20,24,25,26). The quantitative estimate of drug-likeness (QED) is 0.474. The van der Waals surface area contributed by atoms with Crippen molar-refractivity contribution in [3.05, 3.63) is 53.7 Å². The van der Waals surface area contributed by atoms with E-state index < -0.39 is 49.8 Å². The molecule has 0 saturated heterocycles. The van der Waals surface area contributed by atoms with Gasteiger partial charge in [0.25, 0.3) is 15.9 Å². The second-order valence-corrected chi connectivity index (χ2v) is 8.52. The number of aromatic nitrogens is 3. The molecular weight excluding hydrogens is 444 g/mol. The zero-order chi connectivity index (χ0) is 22.1. The van der Waals surface area contributed by atoms with E-state index in [1.165, 1.54) is 4.57 Å². The third-order valence-electron chi connectivity index (χ3n) is 3.73. The number of hydrogen-bond acceptors (Lipinski definition) is 7. The normalized spacial score (nSPS) is 11.3. The number of imidazole rings is 1. The van der Waals surface area contributed by atoms with E-state index in [-0.39, 0.29) is 11.5 Å². The van der Waals surface area contributed by atoms with Crippen molar-refractivity contribution in [3.63, 3.8) is 0 Å². The fourth-order valence-corrected chi connectivity index (χ4v) is 4.42. The van der Waals surface area contributed by atoms with Crippen molar-refractivity contribution in [1.82, 2.24) is 9.55 Å². The van der Waals surface area contributed by atoms with Crippen LogP contribution in [0.1, 0.15) is 10.5 Å². The molecule has 3 rings (SSSR count). The molecule has 0 aliphatic rings. The number of carbonyl (C=O) groups is 2. The Balaban J connectivity index is 1.81. The second-order valence-electron chi connectivity index (χ2n) is 5.98. The number of nitrogens with one attached hydrogen (secondary N) is 2. The van der Waals surface area contributed by atoms with E-state index in [9.17, 15) is 31.9 Å². The number of aromatic carboxylic acids is 1. The summed E-state index contributed by atoms with van der Waals surface area (Å²) in [7, 11) is -2.82. The molecule has 0 saturated carbocycles. The lowest BCUT2D eigenvalue weighted by atomic mass is 10.3. The predicted molar refractivity (Wildman–Crippen MR) is 97.8 cm³/mol. The molecule has 0 aliphatic heterocycles. The van der Waals surface area contributed by atoms with E-state index in [2.05, 4.69) is 10.3 Å². The maximum absolute atomic E-state index is 14.4. The van der Waals surface area contributed by atoms with Crippen LogP contribution < -0.4 is 19.7 Å². The Hall–Kier alpha value is -3.39. The number of carboxylic acids is 1. The number of aryl methyl sites for hydroxylation is 1. The number of carbonyl (C=O) groups excluding carboxylic acids is 2. The molecule has 2 aromatic heterocycles. The summed E-state index contributed by atoms with van der Waals surface area (Å²) < 4.78 is 58.5. The van der Waals surface area contributed by atoms with Gasteiger partial charge in [0.1, 0.15) is 28.8 Å². The highest BCUT2D eigenvalue weighted by Crippen LogP contribution is 2.27. The molecule has 2 heterocycles. The fraction of sp³-hybridized carbons (Fsp3) is 0.125. The molecule has 0 unspecified atom stereocenters. The molecule has 3 aromatic rings. The first-order valence-corrected chi connectivity index (χ1v) is 10.4. The number of rotatable bonds is 7. The summed E-state index contributed by atoms with van der Waals surface area (Å²) in [5.74, 6) is -5.11. The zero-order valence-corrected chi connectivity index (χ0v) is 16.8. The second kappa shape index (κ2) is 8.16. The predicted octanol–water partition coefficient (Wildman–Crippen LogP) is -0.150. The number of amides is 1. The van der Waals surface area contributed by atoms with Gasteiger partial charge in [-0.3, -0.25) is 9.52 Å². The van der Waals surface area contributed by atoms with Crippen LogP contribution >= 0.6 is 11.3 Å². The lowest BCUT2D eigenvalue weighted by Crippen LogP contribution is -2.25. The van der Waals surface area contributed by atoms with Gasteiger partial charge in [0.15, 0.2) is 18.2 Å². The molecule has 10 nitrogen and oxygen atoms in total. The largest absolute Gasteiger partial charge is 0.543 e. The Morgan fingerprint density at radius 2 is 1.97 bits per heavy atom. The van der Waals surface area contributed by atoms with Crippen LogP contribution in [0.25, 0.3) is 0 Å². The molecule has 0 atom stereocenters. The van der Waals surface area contributed by atoms with E-state index >= 15 is 0 Å². The van der Waals surface area contributed by atoms with Crippen molar-refractivity contribution >= 4 is 43.9 Å². The van der Waals surface area contributed by atoms with Gasteiger partial charge in [-0.2, -0.15) is 0 Å². The van der Waals surface area contributed by atoms with Gasteiger partial charge in [0.2, 0.25) is 6.33 Å². The number of anilines is 2. The number of hydrogen-bond donors (Lipinski definition) is 2. The lowest BCUT2D eigenvalue weighted by molar-refractivity contribution is -0.671. The summed E-state index contributed by atoms with van der Waals surface area (Å²) in [5.41, 5.74) is -0.413. The highest BCUT2D eigenvalue weighted by Gasteiger charge is 2.23. The van der Waals surface area contributed by atoms with Crippen LogP contribution in [0.4, 0.5) is 19.5 Å². The Morgan fingerprint density at radius 1 is 1.30 bits per heavy atom. The van der Waals surface area contributed by atoms with Crippen LogP contribution in [0.2, 0.25) is 0 Å². The molecule has 2 N–H and O–H groups in total. The van der Waals surface area contributed by atoms with E-state index in [1.807, 2.05) is 4.72 Å². The van der Waals surface area contributed by atoms with Gasteiger partial charge in [-0.1, -0.05) is 0 Å². The summed E-state index contributed by atoms with van der Waals surface area (Å²) in [6, 6.07) is 0.993. The van der Waals surface area contributed by atoms with E-state index in [4.69, 9.17) is 0 Å². The average molecular weight is 457 g/mol. The van der Waals surface area contributed by atoms with Gasteiger partial charge in [-0.05, 0) is 12.1 Å². The van der Waals surface area contributed by atoms with Crippen LogP contribution in [-0.4, -0.2) is 29.8 Å². The summed E-state index contributed by atoms with van der Waals surface area (Å²) in [4.78, 5) is 25.6. The molecule has 14 heteroatoms. The smallest absolute Gasteiger partial charge is 0.266 e. The molecule has 0 spiro atoms. The van der Waals surface area contributed by atoms with Crippen molar-refractivity contribution in [2.75, 3.05) is 10.0 Å². The number of carboxylic acid groups (broad SMARTS) is 1. The minimum absolute atomic E-state index is 0.224. The number of thiazole rings is 1. The summed E-state index contributed by atoms with van der Waals surface area (Å²) in [6.45, 7) is -0.224. The van der Waals surface area contributed by atoms with Crippen molar-refractivity contribution in [1.29, 1.82) is 0 Å². The van der Waals surface area contributed by atoms with Gasteiger partial charge < -0.3 is 15.2 Å². The Bertz CT molecular complexity index is 1220. The van der Waals surface area contributed by atoms with Crippen LogP contribution in [0, 0.1) is 11.6 Å². The van der Waals surface area contributed by atoms with Crippen LogP contribution in [0.15, 0.2) is 41.3 Å². The highest BCUT2D eigenvalue weighted by atomic mass is 32.2. The molecule has 1 amide bonds. The minimum Gasteiger partial charge on any atom is -0.543 e. The van der Waals surface area contributed by atoms with Crippen LogP contribution in [-0.2, 0) is 28.4 Å². The van der Waals surface area contributed by atoms with Crippen molar-refractivity contribution in [2.45, 2.75) is 11.4 Å². The number of nitrogens with zero attached hydrogens (tertiary/aromatic N) is 3. The first-order chi connectivity index (χ1) is 14.1. The Labute approximate surface area is 172 Å². The number of sulfonamides is 1. The van der Waals surface area contributed by atoms with Crippen molar-refractivity contribution in [3.8, 4) is 0 Å². The Morgan fingerprint density at radius 3 is 2.53 bits per heavy atom. The topological polar surface area (TPSA) is 137 Å². The first-order valence-electron chi connectivity index (χ1n) is 8.04. The van der Waals surface area contributed by atoms with Gasteiger partial charge in [-0.25, -0.2) is 31.3 Å². The number of benzene rings is 1. The maximum Gasteiger partial charge on any atom is 0.266 e. The van der Waals surface area contributed by atoms with Crippen molar-refractivity contribution < 1.29 is 36.5 Å². The minimum atomic E-state index is -4.55. The lowest BCUT2D eigenvalue weighted by Gasteiger charge is -2.11. The van der Waals surface area contributed by atoms with E-state index in [1.54, 1.807) is 30.3 Å². The molecule has 158 valence electrons. The summed E-state index contributed by atoms with van der Waals surface area (Å²) in [6.07, 6.45) is 4.82. The maximum atomic E-state index is 14.4. The van der Waals surface area contributed by atoms with E-state index in [0.717, 1.165) is 5.51 Å². The molecule has 0 aliphatic carbocycles. The van der Waals surface area contributed by atoms with Crippen LogP contribution in [0.3, 0.4) is 0 Å². The van der Waals surface area contributed by atoms with Gasteiger partial charge >= 0.3 is 0 Å². The fourth-order valence-electron chi connectivity index (χ4n) is 2.41. The molecule has 0 radical (unpaired) electrons. The Kier molecular flexibility index (Phi) is 5.80. The molecule has 1 aromatic carbocycles. The summed E-state index contributed by atoms with van der Waals surface area (Å²) >= 11 is 0.651. The SMILES string of the molecule is C[n+]1ccn(CC(=O)Nc2c(F)cc(S(=O)(=O)Nc3scnc3C(=O)[O-])cc2F)c1. The molecule has 0 fully saturated rings. The monoisotopic (exact) mass is 457 g/mol. The van der Waals surface area contributed by atoms with Gasteiger partial charge in [-0.15, -0.1) is 11.3 Å². The van der Waals surface area contributed by atoms with E-state index in [0.29, 0.717) is 23.5 Å². The first kappa shape index (κ1) is 21.3. The third-order valence-corrected chi connectivity index (χ3v) is 5.93. The van der Waals surface area contributed by atoms with Gasteiger partial charge in [0, 0.05) is 0 Å². The summed E-state index contributed by atoms with van der Waals surface area (Å²) in [5, 5.41) is 12.6. The third kappa shape index (κ3) is 4.60. The molecule has 0 bridgehead atoms. The van der Waals surface area contributed by atoms with Crippen molar-refractivity contribution in [2.24, 2.45) is 7.05 Å². The zero-order valence-electron chi connectivity index (χ0n) is 15.1. The number of halogens is 2. The highest BCUT2D eigenvalue weighted by molar-refractivity contribution is 7.93. The van der Waals surface area contributed by atoms with Crippen LogP contribution in [0.5, 0.6) is 0 Å². The average Bonchev–Trinajstić information content (AvgIpc) is 3.26. The molecular formula is C16H13F2N5O5S2.